The fourth-order valence-corrected chi connectivity index (χ4v) is 3.92. The summed E-state index contributed by atoms with van der Waals surface area (Å²) >= 11 is 37.1. The molecule has 2 heterocycles. The van der Waals surface area contributed by atoms with Gasteiger partial charge in [-0.1, -0.05) is 62.3 Å². The summed E-state index contributed by atoms with van der Waals surface area (Å²) in [5.74, 6) is 1.25. The van der Waals surface area contributed by atoms with Gasteiger partial charge in [-0.3, -0.25) is 14.6 Å². The van der Waals surface area contributed by atoms with Gasteiger partial charge in [0.15, 0.2) is 0 Å². The minimum absolute atomic E-state index is 0.140. The van der Waals surface area contributed by atoms with Gasteiger partial charge in [-0.05, 0) is 63.1 Å². The zero-order valence-corrected chi connectivity index (χ0v) is 26.6. The van der Waals surface area contributed by atoms with E-state index < -0.39 is 0 Å². The maximum absolute atomic E-state index is 11.1. The number of halogens is 7. The van der Waals surface area contributed by atoms with Crippen molar-refractivity contribution in [3.05, 3.63) is 90.4 Å². The molecule has 0 radical (unpaired) electrons. The van der Waals surface area contributed by atoms with E-state index in [2.05, 4.69) is 26.1 Å². The first-order chi connectivity index (χ1) is 18.1. The van der Waals surface area contributed by atoms with Crippen molar-refractivity contribution in [1.82, 2.24) is 19.6 Å². The van der Waals surface area contributed by atoms with E-state index in [1.807, 2.05) is 26.0 Å². The van der Waals surface area contributed by atoms with E-state index in [1.165, 1.54) is 6.07 Å². The summed E-state index contributed by atoms with van der Waals surface area (Å²) in [6.45, 7) is 4.41. The van der Waals surface area contributed by atoms with Gasteiger partial charge < -0.3 is 4.74 Å². The molecular weight excluding hydrogens is 681 g/mol. The Morgan fingerprint density at radius 1 is 0.842 bits per heavy atom. The Morgan fingerprint density at radius 2 is 1.42 bits per heavy atom. The Morgan fingerprint density at radius 3 is 1.95 bits per heavy atom. The average Bonchev–Trinajstić information content (AvgIpc) is 3.41. The maximum atomic E-state index is 11.1. The molecule has 4 aromatic rings. The Kier molecular flexibility index (Phi) is 14.5. The van der Waals surface area contributed by atoms with E-state index in [-0.39, 0.29) is 5.56 Å². The van der Waals surface area contributed by atoms with Crippen LogP contribution in [0, 0.1) is 13.8 Å². The molecule has 206 valence electrons. The molecule has 0 aliphatic heterocycles. The number of benzene rings is 2. The van der Waals surface area contributed by atoms with E-state index in [4.69, 9.17) is 74.3 Å². The summed E-state index contributed by atoms with van der Waals surface area (Å²) in [5, 5.41) is 9.06. The van der Waals surface area contributed by atoms with Crippen molar-refractivity contribution in [3.8, 4) is 17.3 Å². The first-order valence-electron chi connectivity index (χ1n) is 11.2. The molecule has 0 aliphatic rings. The summed E-state index contributed by atoms with van der Waals surface area (Å²) < 4.78 is 9.03. The van der Waals surface area contributed by atoms with Gasteiger partial charge in [0.25, 0.3) is 5.56 Å². The van der Waals surface area contributed by atoms with Crippen LogP contribution < -0.4 is 10.3 Å². The van der Waals surface area contributed by atoms with E-state index in [0.717, 1.165) is 35.6 Å². The van der Waals surface area contributed by atoms with Crippen LogP contribution in [0.25, 0.3) is 11.4 Å². The number of aryl methyl sites for hydroxylation is 2. The fourth-order valence-electron chi connectivity index (χ4n) is 3.15. The van der Waals surface area contributed by atoms with E-state index >= 15 is 0 Å². The first kappa shape index (κ1) is 32.9. The number of nitrogens with zero attached hydrogens (tertiary/aromatic N) is 3. The summed E-state index contributed by atoms with van der Waals surface area (Å²) in [4.78, 5) is 11.6. The van der Waals surface area contributed by atoms with Crippen LogP contribution in [0.15, 0.2) is 53.3 Å². The number of ether oxygens (including phenoxy) is 1. The molecule has 0 aliphatic carbocycles. The van der Waals surface area contributed by atoms with Crippen LogP contribution in [0.5, 0.6) is 5.88 Å². The molecule has 1 N–H and O–H groups in total. The highest BCUT2D eigenvalue weighted by molar-refractivity contribution is 9.09. The van der Waals surface area contributed by atoms with Crippen LogP contribution in [0.1, 0.15) is 24.2 Å². The smallest absolute Gasteiger partial charge is 0.264 e. The molecule has 2 aromatic carbocycles. The van der Waals surface area contributed by atoms with Crippen LogP contribution >= 0.6 is 85.5 Å². The largest absolute Gasteiger partial charge is 0.477 e. The molecule has 2 aromatic heterocycles. The van der Waals surface area contributed by atoms with Crippen molar-refractivity contribution in [1.29, 1.82) is 0 Å². The molecule has 0 bridgehead atoms. The lowest BCUT2D eigenvalue weighted by Gasteiger charge is -2.06. The molecule has 13 heteroatoms. The van der Waals surface area contributed by atoms with Gasteiger partial charge in [0.1, 0.15) is 0 Å². The zero-order chi connectivity index (χ0) is 28.2. The second kappa shape index (κ2) is 16.7. The minimum Gasteiger partial charge on any atom is -0.477 e. The molecule has 0 unspecified atom stereocenters. The van der Waals surface area contributed by atoms with Gasteiger partial charge in [0, 0.05) is 29.4 Å². The minimum atomic E-state index is -0.140. The average molecular weight is 706 g/mol. The monoisotopic (exact) mass is 702 g/mol. The fraction of sp³-hybridized carbons (Fsp3) is 0.280. The highest BCUT2D eigenvalue weighted by atomic mass is 79.9. The third kappa shape index (κ3) is 10.0. The van der Waals surface area contributed by atoms with E-state index in [9.17, 15) is 4.79 Å². The van der Waals surface area contributed by atoms with Crippen LogP contribution in [0.3, 0.4) is 0 Å². The molecular formula is C25H25BrCl6N4O2. The summed E-state index contributed by atoms with van der Waals surface area (Å²) in [6, 6.07) is 14.0. The van der Waals surface area contributed by atoms with Crippen LogP contribution in [0.2, 0.25) is 20.1 Å². The molecule has 0 saturated carbocycles. The second-order valence-corrected chi connectivity index (χ2v) is 11.2. The topological polar surface area (TPSA) is 64.8 Å². The third-order valence-electron chi connectivity index (χ3n) is 4.87. The van der Waals surface area contributed by atoms with Crippen molar-refractivity contribution >= 4 is 85.5 Å². The third-order valence-corrected chi connectivity index (χ3v) is 6.61. The zero-order valence-electron chi connectivity index (χ0n) is 20.5. The number of aromatic nitrogens is 4. The molecule has 0 fully saturated rings. The van der Waals surface area contributed by atoms with Crippen LogP contribution in [-0.4, -0.2) is 36.8 Å². The van der Waals surface area contributed by atoms with Crippen LogP contribution in [-0.2, 0) is 0 Å². The first-order valence-corrected chi connectivity index (χ1v) is 14.9. The molecule has 6 nitrogen and oxygen atoms in total. The lowest BCUT2D eigenvalue weighted by Crippen LogP contribution is -2.04. The Bertz CT molecular complexity index is 1370. The predicted molar refractivity (Wildman–Crippen MR) is 165 cm³/mol. The quantitative estimate of drug-likeness (QED) is 0.154. The predicted octanol–water partition coefficient (Wildman–Crippen LogP) is 9.24. The number of nitrogens with one attached hydrogen (secondary N) is 1. The molecule has 0 saturated heterocycles. The standard InChI is InChI=1S/C14H15Cl3N2O.C10H8Cl2N2O.CH2BrCl/c1-10-8-14(20-7-3-2-6-15)18-19(10)11-4-5-12(16)13(17)9-11;1-6-4-10(15)13-14(6)7-2-3-8(11)9(12)5-7;2-1-3/h4-5,8-9H,2-3,6-7H2,1H3;2-5H,1H3,(H,13,15);1H2. The number of rotatable bonds is 7. The summed E-state index contributed by atoms with van der Waals surface area (Å²) in [5.41, 5.74) is 3.28. The normalized spacial score (nSPS) is 10.3. The van der Waals surface area contributed by atoms with Gasteiger partial charge in [-0.15, -0.1) is 28.3 Å². The Balaban J connectivity index is 0.000000250. The van der Waals surface area contributed by atoms with Crippen molar-refractivity contribution in [2.24, 2.45) is 0 Å². The van der Waals surface area contributed by atoms with Gasteiger partial charge in [-0.25, -0.2) is 4.68 Å². The lowest BCUT2D eigenvalue weighted by molar-refractivity contribution is 0.296. The number of aromatic amines is 1. The maximum Gasteiger partial charge on any atom is 0.264 e. The van der Waals surface area contributed by atoms with Gasteiger partial charge in [-0.2, -0.15) is 0 Å². The molecule has 38 heavy (non-hydrogen) atoms. The van der Waals surface area contributed by atoms with Crippen molar-refractivity contribution < 1.29 is 4.74 Å². The SMILES string of the molecule is Cc1cc(=O)[nH]n1-c1ccc(Cl)c(Cl)c1.Cc1cc(OCCCCCl)nn1-c1ccc(Cl)c(Cl)c1.ClCBr. The lowest BCUT2D eigenvalue weighted by atomic mass is 10.3. The van der Waals surface area contributed by atoms with Crippen LogP contribution in [0.4, 0.5) is 0 Å². The summed E-state index contributed by atoms with van der Waals surface area (Å²) in [6.07, 6.45) is 1.86. The number of H-pyrrole nitrogens is 1. The molecule has 0 spiro atoms. The number of hydrogen-bond donors (Lipinski definition) is 1. The number of hydrogen-bond acceptors (Lipinski definition) is 3. The molecule has 4 rings (SSSR count). The number of alkyl halides is 3. The van der Waals surface area contributed by atoms with Gasteiger partial charge in [0.2, 0.25) is 5.88 Å². The Labute approximate surface area is 259 Å². The van der Waals surface area contributed by atoms with Crippen molar-refractivity contribution in [2.75, 3.05) is 17.3 Å². The highest BCUT2D eigenvalue weighted by Crippen LogP contribution is 2.26. The van der Waals surface area contributed by atoms with E-state index in [1.54, 1.807) is 39.7 Å². The second-order valence-electron chi connectivity index (χ2n) is 7.68. The van der Waals surface area contributed by atoms with E-state index in [0.29, 0.717) is 43.2 Å². The highest BCUT2D eigenvalue weighted by Gasteiger charge is 2.09. The number of unbranched alkanes of at least 4 members (excludes halogenated alkanes) is 1. The summed E-state index contributed by atoms with van der Waals surface area (Å²) in [7, 11) is 0. The van der Waals surface area contributed by atoms with Crippen molar-refractivity contribution in [2.45, 2.75) is 26.7 Å². The van der Waals surface area contributed by atoms with Gasteiger partial charge >= 0.3 is 0 Å². The van der Waals surface area contributed by atoms with Crippen molar-refractivity contribution in [3.63, 3.8) is 0 Å². The van der Waals surface area contributed by atoms with Gasteiger partial charge in [0.05, 0.1) is 42.9 Å². The molecule has 0 atom stereocenters. The molecule has 0 amide bonds. The Hall–Kier alpha value is -1.32.